The van der Waals surface area contributed by atoms with Gasteiger partial charge < -0.3 is 10.2 Å². The topological polar surface area (TPSA) is 32.3 Å². The predicted octanol–water partition coefficient (Wildman–Crippen LogP) is 1.12. The summed E-state index contributed by atoms with van der Waals surface area (Å²) in [6.45, 7) is 3.59. The van der Waals surface area contributed by atoms with E-state index in [2.05, 4.69) is 5.32 Å². The SMILES string of the molecule is O=C(c1cccc(F)c1)N1CC2CNCC2C1. The van der Waals surface area contributed by atoms with Crippen molar-refractivity contribution in [1.29, 1.82) is 0 Å². The third-order valence-electron chi connectivity index (χ3n) is 3.75. The Balaban J connectivity index is 1.75. The average molecular weight is 234 g/mol. The maximum Gasteiger partial charge on any atom is 0.253 e. The molecule has 3 rings (SSSR count). The minimum atomic E-state index is -0.350. The van der Waals surface area contributed by atoms with Gasteiger partial charge in [-0.15, -0.1) is 0 Å². The summed E-state index contributed by atoms with van der Waals surface area (Å²) >= 11 is 0. The molecule has 0 aliphatic carbocycles. The second kappa shape index (κ2) is 4.11. The van der Waals surface area contributed by atoms with Crippen molar-refractivity contribution < 1.29 is 9.18 Å². The number of likely N-dealkylation sites (tertiary alicyclic amines) is 1. The van der Waals surface area contributed by atoms with Gasteiger partial charge in [0.25, 0.3) is 5.91 Å². The fourth-order valence-electron chi connectivity index (χ4n) is 2.83. The lowest BCUT2D eigenvalue weighted by atomic mass is 10.0. The molecule has 2 aliphatic heterocycles. The number of nitrogens with one attached hydrogen (secondary N) is 1. The lowest BCUT2D eigenvalue weighted by Crippen LogP contribution is -2.31. The quantitative estimate of drug-likeness (QED) is 0.789. The van der Waals surface area contributed by atoms with Crippen LogP contribution in [0.2, 0.25) is 0 Å². The lowest BCUT2D eigenvalue weighted by Gasteiger charge is -2.17. The molecular formula is C13H15FN2O. The van der Waals surface area contributed by atoms with Crippen molar-refractivity contribution in [3.8, 4) is 0 Å². The average Bonchev–Trinajstić information content (AvgIpc) is 2.88. The molecule has 2 unspecified atom stereocenters. The van der Waals surface area contributed by atoms with Gasteiger partial charge in [-0.25, -0.2) is 4.39 Å². The van der Waals surface area contributed by atoms with Gasteiger partial charge in [0.05, 0.1) is 0 Å². The van der Waals surface area contributed by atoms with Gasteiger partial charge in [-0.1, -0.05) is 6.07 Å². The summed E-state index contributed by atoms with van der Waals surface area (Å²) in [5.41, 5.74) is 0.456. The molecule has 3 nitrogen and oxygen atoms in total. The molecule has 2 heterocycles. The van der Waals surface area contributed by atoms with Crippen molar-refractivity contribution >= 4 is 5.91 Å². The van der Waals surface area contributed by atoms with E-state index in [9.17, 15) is 9.18 Å². The van der Waals surface area contributed by atoms with Gasteiger partial charge >= 0.3 is 0 Å². The minimum Gasteiger partial charge on any atom is -0.338 e. The van der Waals surface area contributed by atoms with E-state index in [0.29, 0.717) is 17.4 Å². The smallest absolute Gasteiger partial charge is 0.253 e. The molecule has 0 bridgehead atoms. The summed E-state index contributed by atoms with van der Waals surface area (Å²) in [7, 11) is 0. The van der Waals surface area contributed by atoms with Crippen LogP contribution in [0.3, 0.4) is 0 Å². The van der Waals surface area contributed by atoms with Gasteiger partial charge in [0.15, 0.2) is 0 Å². The molecule has 4 heteroatoms. The molecule has 2 atom stereocenters. The summed E-state index contributed by atoms with van der Waals surface area (Å²) in [5.74, 6) is 0.760. The lowest BCUT2D eigenvalue weighted by molar-refractivity contribution is 0.0781. The maximum atomic E-state index is 13.1. The predicted molar refractivity (Wildman–Crippen MR) is 62.2 cm³/mol. The zero-order chi connectivity index (χ0) is 11.8. The first-order valence-electron chi connectivity index (χ1n) is 5.99. The fourth-order valence-corrected chi connectivity index (χ4v) is 2.83. The van der Waals surface area contributed by atoms with Crippen LogP contribution in [-0.2, 0) is 0 Å². The van der Waals surface area contributed by atoms with E-state index < -0.39 is 0 Å². The highest BCUT2D eigenvalue weighted by Gasteiger charge is 2.38. The van der Waals surface area contributed by atoms with Gasteiger partial charge in [-0.05, 0) is 30.0 Å². The molecule has 2 fully saturated rings. The molecule has 0 saturated carbocycles. The Kier molecular flexibility index (Phi) is 2.59. The number of fused-ring (bicyclic) bond motifs is 1. The van der Waals surface area contributed by atoms with Crippen LogP contribution in [0, 0.1) is 17.7 Å². The molecular weight excluding hydrogens is 219 g/mol. The first kappa shape index (κ1) is 10.7. The highest BCUT2D eigenvalue weighted by molar-refractivity contribution is 5.94. The van der Waals surface area contributed by atoms with Crippen molar-refractivity contribution in [2.24, 2.45) is 11.8 Å². The zero-order valence-electron chi connectivity index (χ0n) is 9.53. The largest absolute Gasteiger partial charge is 0.338 e. The second-order valence-corrected chi connectivity index (χ2v) is 4.90. The van der Waals surface area contributed by atoms with E-state index in [-0.39, 0.29) is 11.7 Å². The fraction of sp³-hybridized carbons (Fsp3) is 0.462. The van der Waals surface area contributed by atoms with E-state index in [1.54, 1.807) is 12.1 Å². The van der Waals surface area contributed by atoms with Crippen molar-refractivity contribution in [3.63, 3.8) is 0 Å². The van der Waals surface area contributed by atoms with Crippen LogP contribution in [0.1, 0.15) is 10.4 Å². The molecule has 90 valence electrons. The Bertz CT molecular complexity index is 437. The highest BCUT2D eigenvalue weighted by Crippen LogP contribution is 2.27. The van der Waals surface area contributed by atoms with Gasteiger partial charge in [0, 0.05) is 31.7 Å². The molecule has 1 N–H and O–H groups in total. The van der Waals surface area contributed by atoms with Crippen molar-refractivity contribution in [1.82, 2.24) is 10.2 Å². The van der Waals surface area contributed by atoms with Crippen molar-refractivity contribution in [3.05, 3.63) is 35.6 Å². The standard InChI is InChI=1S/C13H15FN2O/c14-12-3-1-2-9(4-12)13(17)16-7-10-5-15-6-11(10)8-16/h1-4,10-11,15H,5-8H2. The third kappa shape index (κ3) is 1.93. The zero-order valence-corrected chi connectivity index (χ0v) is 9.53. The number of carbonyl (C=O) groups excluding carboxylic acids is 1. The number of nitrogens with zero attached hydrogens (tertiary/aromatic N) is 1. The summed E-state index contributed by atoms with van der Waals surface area (Å²) in [5, 5.41) is 3.33. The van der Waals surface area contributed by atoms with Crippen LogP contribution in [0.15, 0.2) is 24.3 Å². The molecule has 1 amide bonds. The number of carbonyl (C=O) groups is 1. The summed E-state index contributed by atoms with van der Waals surface area (Å²) in [6.07, 6.45) is 0. The van der Waals surface area contributed by atoms with Gasteiger partial charge in [0.1, 0.15) is 5.82 Å². The summed E-state index contributed by atoms with van der Waals surface area (Å²) in [6, 6.07) is 5.94. The number of amides is 1. The molecule has 0 radical (unpaired) electrons. The van der Waals surface area contributed by atoms with Crippen molar-refractivity contribution in [2.75, 3.05) is 26.2 Å². The maximum absolute atomic E-state index is 13.1. The molecule has 2 aliphatic rings. The number of benzene rings is 1. The third-order valence-corrected chi connectivity index (χ3v) is 3.75. The van der Waals surface area contributed by atoms with Crippen LogP contribution < -0.4 is 5.32 Å². The Labute approximate surface area is 99.6 Å². The normalized spacial score (nSPS) is 27.2. The Hall–Kier alpha value is -1.42. The van der Waals surface area contributed by atoms with Crippen molar-refractivity contribution in [2.45, 2.75) is 0 Å². The van der Waals surface area contributed by atoms with Gasteiger partial charge in [0.2, 0.25) is 0 Å². The number of halogens is 1. The van der Waals surface area contributed by atoms with Gasteiger partial charge in [-0.3, -0.25) is 4.79 Å². The number of rotatable bonds is 1. The molecule has 1 aromatic carbocycles. The molecule has 2 saturated heterocycles. The van der Waals surface area contributed by atoms with Crippen LogP contribution in [0.5, 0.6) is 0 Å². The molecule has 0 spiro atoms. The molecule has 1 aromatic rings. The van der Waals surface area contributed by atoms with Crippen LogP contribution in [0.25, 0.3) is 0 Å². The number of hydrogen-bond acceptors (Lipinski definition) is 2. The molecule has 17 heavy (non-hydrogen) atoms. The van der Waals surface area contributed by atoms with Crippen LogP contribution in [0.4, 0.5) is 4.39 Å². The Morgan fingerprint density at radius 3 is 2.65 bits per heavy atom. The van der Waals surface area contributed by atoms with E-state index in [1.165, 1.54) is 12.1 Å². The Morgan fingerprint density at radius 2 is 2.00 bits per heavy atom. The minimum absolute atomic E-state index is 0.0427. The number of hydrogen-bond donors (Lipinski definition) is 1. The van der Waals surface area contributed by atoms with Gasteiger partial charge in [-0.2, -0.15) is 0 Å². The van der Waals surface area contributed by atoms with E-state index in [1.807, 2.05) is 4.90 Å². The molecule has 0 aromatic heterocycles. The summed E-state index contributed by atoms with van der Waals surface area (Å²) in [4.78, 5) is 14.0. The summed E-state index contributed by atoms with van der Waals surface area (Å²) < 4.78 is 13.1. The van der Waals surface area contributed by atoms with E-state index >= 15 is 0 Å². The van der Waals surface area contributed by atoms with E-state index in [0.717, 1.165) is 26.2 Å². The Morgan fingerprint density at radius 1 is 1.29 bits per heavy atom. The first-order valence-corrected chi connectivity index (χ1v) is 5.99. The van der Waals surface area contributed by atoms with Crippen LogP contribution in [-0.4, -0.2) is 37.0 Å². The monoisotopic (exact) mass is 234 g/mol. The highest BCUT2D eigenvalue weighted by atomic mass is 19.1. The van der Waals surface area contributed by atoms with E-state index in [4.69, 9.17) is 0 Å². The first-order chi connectivity index (χ1) is 8.24. The second-order valence-electron chi connectivity index (χ2n) is 4.90. The van der Waals surface area contributed by atoms with Crippen LogP contribution >= 0.6 is 0 Å².